The number of carbonyl (C=O) groups is 1. The Hall–Kier alpha value is -0.870. The van der Waals surface area contributed by atoms with E-state index in [1.807, 2.05) is 0 Å². The summed E-state index contributed by atoms with van der Waals surface area (Å²) in [6.45, 7) is 6.52. The van der Waals surface area contributed by atoms with Crippen molar-refractivity contribution in [1.82, 2.24) is 10.2 Å². The highest BCUT2D eigenvalue weighted by Gasteiger charge is 2.60. The molecule has 1 N–H and O–H groups in total. The molecule has 3 nitrogen and oxygen atoms in total. The number of thiophene rings is 1. The zero-order chi connectivity index (χ0) is 12.9. The van der Waals surface area contributed by atoms with Crippen molar-refractivity contribution in [2.75, 3.05) is 0 Å². The number of carbonyl (C=O) groups excluding carboxylic acids is 1. The van der Waals surface area contributed by atoms with E-state index in [-0.39, 0.29) is 17.7 Å². The van der Waals surface area contributed by atoms with E-state index in [1.165, 1.54) is 5.56 Å². The van der Waals surface area contributed by atoms with Crippen LogP contribution in [0.2, 0.25) is 0 Å². The molecule has 2 heterocycles. The van der Waals surface area contributed by atoms with Crippen LogP contribution in [0.15, 0.2) is 16.8 Å². The van der Waals surface area contributed by atoms with E-state index in [1.54, 1.807) is 11.3 Å². The summed E-state index contributed by atoms with van der Waals surface area (Å²) in [5.41, 5.74) is 1.00. The van der Waals surface area contributed by atoms with Gasteiger partial charge in [0.05, 0.1) is 0 Å². The molecular weight excluding hydrogens is 244 g/mol. The van der Waals surface area contributed by atoms with E-state index in [4.69, 9.17) is 0 Å². The van der Waals surface area contributed by atoms with E-state index in [0.29, 0.717) is 11.8 Å². The monoisotopic (exact) mass is 264 g/mol. The van der Waals surface area contributed by atoms with Crippen LogP contribution in [0.3, 0.4) is 0 Å². The minimum absolute atomic E-state index is 0.0728. The fraction of sp³-hybridized carbons (Fsp3) is 0.643. The lowest BCUT2D eigenvalue weighted by Crippen LogP contribution is -2.41. The van der Waals surface area contributed by atoms with E-state index in [9.17, 15) is 4.79 Å². The molecule has 3 rings (SSSR count). The van der Waals surface area contributed by atoms with Crippen molar-refractivity contribution in [1.29, 1.82) is 0 Å². The maximum absolute atomic E-state index is 12.6. The summed E-state index contributed by atoms with van der Waals surface area (Å²) >= 11 is 1.69. The van der Waals surface area contributed by atoms with Gasteiger partial charge in [-0.25, -0.2) is 0 Å². The van der Waals surface area contributed by atoms with Gasteiger partial charge in [0.1, 0.15) is 11.7 Å². The zero-order valence-electron chi connectivity index (χ0n) is 11.1. The topological polar surface area (TPSA) is 32.3 Å². The minimum atomic E-state index is -0.226. The summed E-state index contributed by atoms with van der Waals surface area (Å²) < 4.78 is 0. The Labute approximate surface area is 112 Å². The van der Waals surface area contributed by atoms with Crippen LogP contribution in [0.5, 0.6) is 0 Å². The SMILES string of the molecule is CC(C)C(C)N1C(=O)C2(CC2)NC1c1ccsc1. The molecule has 98 valence electrons. The number of nitrogens with zero attached hydrogens (tertiary/aromatic N) is 1. The molecule has 2 unspecified atom stereocenters. The van der Waals surface area contributed by atoms with Gasteiger partial charge in [-0.15, -0.1) is 0 Å². The minimum Gasteiger partial charge on any atom is -0.318 e. The molecule has 18 heavy (non-hydrogen) atoms. The van der Waals surface area contributed by atoms with Gasteiger partial charge in [0.2, 0.25) is 5.91 Å². The lowest BCUT2D eigenvalue weighted by atomic mass is 10.0. The molecule has 1 aliphatic heterocycles. The maximum atomic E-state index is 12.6. The van der Waals surface area contributed by atoms with E-state index >= 15 is 0 Å². The van der Waals surface area contributed by atoms with Gasteiger partial charge < -0.3 is 4.90 Å². The summed E-state index contributed by atoms with van der Waals surface area (Å²) in [4.78, 5) is 14.7. The largest absolute Gasteiger partial charge is 0.318 e. The second kappa shape index (κ2) is 4.07. The zero-order valence-corrected chi connectivity index (χ0v) is 12.0. The lowest BCUT2D eigenvalue weighted by molar-refractivity contribution is -0.133. The molecule has 1 aliphatic carbocycles. The first-order valence-corrected chi connectivity index (χ1v) is 7.62. The third kappa shape index (κ3) is 1.70. The first kappa shape index (κ1) is 12.2. The van der Waals surface area contributed by atoms with Crippen LogP contribution in [0.1, 0.15) is 45.3 Å². The van der Waals surface area contributed by atoms with Crippen LogP contribution in [-0.2, 0) is 4.79 Å². The highest BCUT2D eigenvalue weighted by atomic mass is 32.1. The Bertz CT molecular complexity index is 450. The van der Waals surface area contributed by atoms with Crippen molar-refractivity contribution in [3.05, 3.63) is 22.4 Å². The molecule has 2 aliphatic rings. The van der Waals surface area contributed by atoms with Crippen LogP contribution >= 0.6 is 11.3 Å². The van der Waals surface area contributed by atoms with Gasteiger partial charge in [-0.3, -0.25) is 10.1 Å². The van der Waals surface area contributed by atoms with E-state index in [2.05, 4.69) is 47.8 Å². The summed E-state index contributed by atoms with van der Waals surface area (Å²) in [5, 5.41) is 7.79. The predicted molar refractivity (Wildman–Crippen MR) is 73.3 cm³/mol. The van der Waals surface area contributed by atoms with Crippen LogP contribution in [0.4, 0.5) is 0 Å². The second-order valence-electron chi connectivity index (χ2n) is 5.88. The molecule has 1 amide bonds. The average molecular weight is 264 g/mol. The molecule has 1 spiro atoms. The number of hydrogen-bond acceptors (Lipinski definition) is 3. The number of nitrogens with one attached hydrogen (secondary N) is 1. The van der Waals surface area contributed by atoms with Crippen LogP contribution in [0, 0.1) is 5.92 Å². The Morgan fingerprint density at radius 2 is 2.17 bits per heavy atom. The Kier molecular flexibility index (Phi) is 2.75. The third-order valence-corrected chi connectivity index (χ3v) is 5.05. The molecule has 1 saturated heterocycles. The molecule has 0 radical (unpaired) electrons. The molecule has 1 aromatic rings. The van der Waals surface area contributed by atoms with Crippen molar-refractivity contribution in [2.24, 2.45) is 5.92 Å². The van der Waals surface area contributed by atoms with Gasteiger partial charge in [0, 0.05) is 6.04 Å². The first-order valence-electron chi connectivity index (χ1n) is 6.68. The van der Waals surface area contributed by atoms with Gasteiger partial charge in [0.25, 0.3) is 0 Å². The highest BCUT2D eigenvalue weighted by Crippen LogP contribution is 2.47. The predicted octanol–water partition coefficient (Wildman–Crippen LogP) is 2.76. The van der Waals surface area contributed by atoms with Crippen LogP contribution in [0.25, 0.3) is 0 Å². The molecule has 0 aromatic carbocycles. The van der Waals surface area contributed by atoms with Crippen molar-refractivity contribution >= 4 is 17.2 Å². The fourth-order valence-corrected chi connectivity index (χ4v) is 3.34. The molecule has 2 fully saturated rings. The average Bonchev–Trinajstić information content (AvgIpc) is 2.82. The van der Waals surface area contributed by atoms with Crippen molar-refractivity contribution in [2.45, 2.75) is 51.4 Å². The Morgan fingerprint density at radius 1 is 1.44 bits per heavy atom. The van der Waals surface area contributed by atoms with Crippen LogP contribution < -0.4 is 5.32 Å². The molecule has 4 heteroatoms. The summed E-state index contributed by atoms with van der Waals surface area (Å²) in [6, 6.07) is 2.40. The Morgan fingerprint density at radius 3 is 2.67 bits per heavy atom. The number of rotatable bonds is 3. The molecular formula is C14H20N2OS. The molecule has 2 atom stereocenters. The lowest BCUT2D eigenvalue weighted by Gasteiger charge is -2.32. The normalized spacial score (nSPS) is 27.2. The smallest absolute Gasteiger partial charge is 0.244 e. The summed E-state index contributed by atoms with van der Waals surface area (Å²) in [6.07, 6.45) is 2.06. The molecule has 1 aromatic heterocycles. The second-order valence-corrected chi connectivity index (χ2v) is 6.66. The van der Waals surface area contributed by atoms with Gasteiger partial charge in [-0.1, -0.05) is 13.8 Å². The molecule has 1 saturated carbocycles. The van der Waals surface area contributed by atoms with E-state index in [0.717, 1.165) is 12.8 Å². The van der Waals surface area contributed by atoms with Gasteiger partial charge >= 0.3 is 0 Å². The number of amides is 1. The third-order valence-electron chi connectivity index (χ3n) is 4.35. The van der Waals surface area contributed by atoms with Gasteiger partial charge in [0.15, 0.2) is 0 Å². The summed E-state index contributed by atoms with van der Waals surface area (Å²) in [5.74, 6) is 0.783. The first-order chi connectivity index (χ1) is 8.55. The standard InChI is InChI=1S/C14H20N2OS/c1-9(2)10(3)16-12(11-4-7-18-8-11)15-14(5-6-14)13(16)17/h4,7-10,12,15H,5-6H2,1-3H3. The van der Waals surface area contributed by atoms with E-state index < -0.39 is 0 Å². The van der Waals surface area contributed by atoms with Crippen molar-refractivity contribution < 1.29 is 4.79 Å². The van der Waals surface area contributed by atoms with Crippen LogP contribution in [-0.4, -0.2) is 22.4 Å². The van der Waals surface area contributed by atoms with Crippen molar-refractivity contribution in [3.63, 3.8) is 0 Å². The summed E-state index contributed by atoms with van der Waals surface area (Å²) in [7, 11) is 0. The van der Waals surface area contributed by atoms with Gasteiger partial charge in [-0.05, 0) is 48.1 Å². The fourth-order valence-electron chi connectivity index (χ4n) is 2.66. The number of hydrogen-bond donors (Lipinski definition) is 1. The quantitative estimate of drug-likeness (QED) is 0.910. The maximum Gasteiger partial charge on any atom is 0.244 e. The Balaban J connectivity index is 1.94. The van der Waals surface area contributed by atoms with Gasteiger partial charge in [-0.2, -0.15) is 11.3 Å². The van der Waals surface area contributed by atoms with Crippen molar-refractivity contribution in [3.8, 4) is 0 Å². The highest BCUT2D eigenvalue weighted by molar-refractivity contribution is 7.07. The molecule has 0 bridgehead atoms.